The third-order valence-electron chi connectivity index (χ3n) is 20.2. The van der Waals surface area contributed by atoms with Crippen LogP contribution in [-0.4, -0.2) is 171 Å². The first-order valence-corrected chi connectivity index (χ1v) is 36.2. The lowest BCUT2D eigenvalue weighted by Crippen LogP contribution is -2.44. The lowest BCUT2D eigenvalue weighted by molar-refractivity contribution is -0.137. The number of rotatable bonds is 16. The number of benzene rings is 4. The lowest BCUT2D eigenvalue weighted by Gasteiger charge is -2.37. The SMILES string of the molecule is Cc1cc(N(CC(F)(F)F)S(C)(=O)=O)c(C2CCN(C(=O)C3CC(N(C)C4CCOCC4)C[C@H]3c3ccc(F)cc3F)CC2)cc1Cl.Cc1cc(N(CC2CC2)S(C)(=O)=O)c(C2CCN(C(=O)C3CN(C4CCOCC4)C[C@H]3c3ccc(F)cc3F)CC2)cc1Cl. The second kappa shape index (κ2) is 28.7. The first-order chi connectivity index (χ1) is 43.0. The number of carbonyl (C=O) groups excluding carboxylic acids is 2. The molecule has 14 nitrogen and oxygen atoms in total. The van der Waals surface area contributed by atoms with Gasteiger partial charge in [0.05, 0.1) is 29.8 Å². The minimum Gasteiger partial charge on any atom is -0.381 e. The molecule has 0 radical (unpaired) electrons. The third kappa shape index (κ3) is 16.5. The van der Waals surface area contributed by atoms with E-state index in [-0.39, 0.29) is 66.5 Å². The zero-order valence-electron chi connectivity index (χ0n) is 52.2. The Morgan fingerprint density at radius 2 is 1.03 bits per heavy atom. The standard InChI is InChI=1S/C33H41ClF5N3O4S.C33H42ClF2N3O4S/c1-20-14-31(42(47(3,44)45)19-33(37,38)39)26(18-29(20)34)21-6-10-41(11-7-21)32(43)28-17-24(40(2)23-8-12-46-13-9-23)16-27(28)25-5-4-22(35)15-30(25)36;1-21-15-32(39(44(2,41)42)18-22-3-4-22)27(17-30(21)34)23-7-11-37(12-8-23)33(40)29-20-38(25-9-13-43-14-10-25)19-28(29)26-6-5-24(35)16-31(26)36/h4-5,14-15,18,21,23-24,27-28H,6-13,16-17,19H2,1-3H3;5-6,15-17,22-23,25,28-29H,3-4,7-14,18-20H2,1-2H3/t24?,27-,28?;28-,29?/m00/s1. The largest absolute Gasteiger partial charge is 0.407 e. The Balaban J connectivity index is 0.000000200. The number of sulfonamides is 2. The Hall–Kier alpha value is -4.75. The van der Waals surface area contributed by atoms with Gasteiger partial charge in [-0.15, -0.1) is 0 Å². The van der Waals surface area contributed by atoms with Crippen molar-refractivity contribution in [3.05, 3.63) is 127 Å². The van der Waals surface area contributed by atoms with Crippen molar-refractivity contribution in [2.75, 3.05) is 107 Å². The summed E-state index contributed by atoms with van der Waals surface area (Å²) in [7, 11) is -5.76. The molecule has 2 saturated carbocycles. The Morgan fingerprint density at radius 1 is 0.571 bits per heavy atom. The molecule has 5 atom stereocenters. The second-order valence-corrected chi connectivity index (χ2v) is 31.0. The Bertz CT molecular complexity index is 3510. The monoisotopic (exact) mass is 1350 g/mol. The van der Waals surface area contributed by atoms with Crippen LogP contribution in [0.3, 0.4) is 0 Å². The molecular weight excluding hydrogens is 1270 g/mol. The van der Waals surface area contributed by atoms with E-state index in [0.29, 0.717) is 146 Å². The fourth-order valence-electron chi connectivity index (χ4n) is 14.9. The average Bonchev–Trinajstić information content (AvgIpc) is 2.20. The fourth-order valence-corrected chi connectivity index (χ4v) is 17.2. The van der Waals surface area contributed by atoms with Crippen LogP contribution in [0.15, 0.2) is 60.7 Å². The molecule has 3 unspecified atom stereocenters. The van der Waals surface area contributed by atoms with E-state index in [1.807, 2.05) is 31.0 Å². The molecule has 91 heavy (non-hydrogen) atoms. The van der Waals surface area contributed by atoms with Gasteiger partial charge in [-0.3, -0.25) is 23.1 Å². The van der Waals surface area contributed by atoms with Gasteiger partial charge in [0.2, 0.25) is 31.9 Å². The molecule has 5 aliphatic heterocycles. The fraction of sp³-hybridized carbons (Fsp3) is 0.606. The summed E-state index contributed by atoms with van der Waals surface area (Å²) >= 11 is 13.0. The highest BCUT2D eigenvalue weighted by molar-refractivity contribution is 7.92. The molecule has 11 rings (SSSR count). The quantitative estimate of drug-likeness (QED) is 0.0996. The first kappa shape index (κ1) is 69.1. The van der Waals surface area contributed by atoms with E-state index in [4.69, 9.17) is 32.7 Å². The maximum atomic E-state index is 15.1. The number of halogens is 9. The van der Waals surface area contributed by atoms with Crippen molar-refractivity contribution >= 4 is 66.4 Å². The van der Waals surface area contributed by atoms with Crippen molar-refractivity contribution in [3.8, 4) is 0 Å². The summed E-state index contributed by atoms with van der Waals surface area (Å²) in [6.45, 7) is 7.61. The molecule has 0 aromatic heterocycles. The topological polar surface area (TPSA) is 140 Å². The van der Waals surface area contributed by atoms with Gasteiger partial charge < -0.3 is 24.2 Å². The lowest BCUT2D eigenvalue weighted by atomic mass is 9.85. The van der Waals surface area contributed by atoms with Crippen LogP contribution in [-0.2, 0) is 39.1 Å². The zero-order valence-corrected chi connectivity index (χ0v) is 55.3. The number of anilines is 2. The van der Waals surface area contributed by atoms with Crippen LogP contribution in [0.1, 0.15) is 134 Å². The minimum atomic E-state index is -4.78. The highest BCUT2D eigenvalue weighted by Gasteiger charge is 2.47. The van der Waals surface area contributed by atoms with E-state index in [1.54, 1.807) is 16.1 Å². The molecular formula is C66H83Cl2F7N6O8S2. The molecule has 0 bridgehead atoms. The number of ether oxygens (including phenoxy) is 2. The molecule has 25 heteroatoms. The number of amides is 2. The van der Waals surface area contributed by atoms with Crippen molar-refractivity contribution in [2.24, 2.45) is 17.8 Å². The summed E-state index contributed by atoms with van der Waals surface area (Å²) in [4.78, 5) is 36.5. The van der Waals surface area contributed by atoms with Gasteiger partial charge in [-0.2, -0.15) is 13.2 Å². The van der Waals surface area contributed by atoms with Crippen molar-refractivity contribution in [3.63, 3.8) is 0 Å². The smallest absolute Gasteiger partial charge is 0.381 e. The van der Waals surface area contributed by atoms with Crippen LogP contribution in [0.2, 0.25) is 10.0 Å². The zero-order chi connectivity index (χ0) is 65.4. The van der Waals surface area contributed by atoms with Crippen LogP contribution in [0.25, 0.3) is 0 Å². The third-order valence-corrected chi connectivity index (χ3v) is 23.3. The average molecular weight is 1360 g/mol. The molecule has 0 spiro atoms. The van der Waals surface area contributed by atoms with Crippen molar-refractivity contribution in [1.82, 2.24) is 19.6 Å². The van der Waals surface area contributed by atoms with E-state index in [1.165, 1.54) is 42.7 Å². The highest BCUT2D eigenvalue weighted by atomic mass is 35.5. The number of likely N-dealkylation sites (tertiary alicyclic amines) is 3. The number of carbonyl (C=O) groups is 2. The van der Waals surface area contributed by atoms with Crippen molar-refractivity contribution in [1.29, 1.82) is 0 Å². The first-order valence-electron chi connectivity index (χ1n) is 31.7. The number of nitrogens with zero attached hydrogens (tertiary/aromatic N) is 6. The number of hydrogen-bond donors (Lipinski definition) is 0. The molecule has 7 aliphatic rings. The normalized spacial score (nSPS) is 23.8. The van der Waals surface area contributed by atoms with E-state index in [2.05, 4.69) is 9.80 Å². The Kier molecular flexibility index (Phi) is 21.8. The predicted molar refractivity (Wildman–Crippen MR) is 338 cm³/mol. The molecule has 7 fully saturated rings. The maximum absolute atomic E-state index is 15.1. The number of hydrogen-bond acceptors (Lipinski definition) is 10. The molecule has 2 amide bonds. The van der Waals surface area contributed by atoms with Gasteiger partial charge >= 0.3 is 6.18 Å². The van der Waals surface area contributed by atoms with Gasteiger partial charge in [0.1, 0.15) is 29.8 Å². The molecule has 500 valence electrons. The van der Waals surface area contributed by atoms with E-state index < -0.39 is 73.8 Å². The minimum absolute atomic E-state index is 0.000363. The van der Waals surface area contributed by atoms with Crippen LogP contribution < -0.4 is 8.61 Å². The molecule has 4 aromatic carbocycles. The molecule has 5 saturated heterocycles. The summed E-state index contributed by atoms with van der Waals surface area (Å²) in [5.41, 5.74) is 3.89. The maximum Gasteiger partial charge on any atom is 0.407 e. The van der Waals surface area contributed by atoms with Gasteiger partial charge in [0.15, 0.2) is 0 Å². The van der Waals surface area contributed by atoms with Gasteiger partial charge in [0, 0.05) is 124 Å². The summed E-state index contributed by atoms with van der Waals surface area (Å²) in [6.07, 6.45) is 5.88. The van der Waals surface area contributed by atoms with Crippen LogP contribution in [0.5, 0.6) is 0 Å². The molecule has 4 aromatic rings. The van der Waals surface area contributed by atoms with Gasteiger partial charge in [-0.1, -0.05) is 35.3 Å². The van der Waals surface area contributed by atoms with Crippen LogP contribution >= 0.6 is 23.2 Å². The summed E-state index contributed by atoms with van der Waals surface area (Å²) < 4.78 is 162. The van der Waals surface area contributed by atoms with Gasteiger partial charge in [0.25, 0.3) is 0 Å². The van der Waals surface area contributed by atoms with Crippen LogP contribution in [0.4, 0.5) is 42.1 Å². The van der Waals surface area contributed by atoms with Gasteiger partial charge in [-0.25, -0.2) is 34.4 Å². The molecule has 5 heterocycles. The van der Waals surface area contributed by atoms with Crippen LogP contribution in [0, 0.1) is 54.9 Å². The number of alkyl halides is 3. The van der Waals surface area contributed by atoms with E-state index in [9.17, 15) is 48.4 Å². The molecule has 2 aliphatic carbocycles. The number of piperidine rings is 2. The van der Waals surface area contributed by atoms with E-state index in [0.717, 1.165) is 68.0 Å². The summed E-state index contributed by atoms with van der Waals surface area (Å²) in [5.74, 6) is -4.48. The van der Waals surface area contributed by atoms with E-state index >= 15 is 8.78 Å². The molecule has 0 N–H and O–H groups in total. The summed E-state index contributed by atoms with van der Waals surface area (Å²) in [5, 5.41) is 0.906. The van der Waals surface area contributed by atoms with Crippen molar-refractivity contribution < 1.29 is 66.6 Å². The predicted octanol–water partition coefficient (Wildman–Crippen LogP) is 12.3. The van der Waals surface area contributed by atoms with Gasteiger partial charge in [-0.05, 0) is 191 Å². The Labute approximate surface area is 540 Å². The highest BCUT2D eigenvalue weighted by Crippen LogP contribution is 2.48. The summed E-state index contributed by atoms with van der Waals surface area (Å²) in [6, 6.07) is 14.4. The second-order valence-electron chi connectivity index (χ2n) is 26.3. The Morgan fingerprint density at radius 3 is 1.49 bits per heavy atom. The number of aryl methyl sites for hydroxylation is 2. The van der Waals surface area contributed by atoms with Crippen molar-refractivity contribution in [2.45, 2.75) is 139 Å².